The van der Waals surface area contributed by atoms with E-state index in [4.69, 9.17) is 5.73 Å². The van der Waals surface area contributed by atoms with Crippen molar-refractivity contribution in [1.82, 2.24) is 0 Å². The third kappa shape index (κ3) is 2.96. The lowest BCUT2D eigenvalue weighted by Gasteiger charge is -2.39. The molecule has 0 saturated carbocycles. The van der Waals surface area contributed by atoms with Crippen LogP contribution in [0.25, 0.3) is 0 Å². The second-order valence-electron chi connectivity index (χ2n) is 4.88. The number of anilines is 1. The zero-order chi connectivity index (χ0) is 12.4. The molecule has 1 fully saturated rings. The van der Waals surface area contributed by atoms with Gasteiger partial charge in [-0.05, 0) is 37.6 Å². The summed E-state index contributed by atoms with van der Waals surface area (Å²) in [6.07, 6.45) is 0.485. The fourth-order valence-electron chi connectivity index (χ4n) is 2.39. The van der Waals surface area contributed by atoms with Gasteiger partial charge < -0.3 is 15.7 Å². The Balaban J connectivity index is 2.12. The molecule has 1 aromatic rings. The van der Waals surface area contributed by atoms with E-state index in [2.05, 4.69) is 4.90 Å². The molecule has 1 saturated heterocycles. The number of halogens is 1. The standard InChI is InChI=1S/C13H19FN2O/c1-9(17)10-6-12(15)8-16(7-10)13-4-2-11(14)3-5-13/h2-5,9-10,12,17H,6-8,15H2,1H3. The van der Waals surface area contributed by atoms with Gasteiger partial charge in [-0.15, -0.1) is 0 Å². The van der Waals surface area contributed by atoms with Crippen molar-refractivity contribution in [2.45, 2.75) is 25.5 Å². The minimum atomic E-state index is -0.357. The van der Waals surface area contributed by atoms with Crippen LogP contribution < -0.4 is 10.6 Å². The lowest BCUT2D eigenvalue weighted by Crippen LogP contribution is -2.49. The molecule has 3 atom stereocenters. The molecule has 0 bridgehead atoms. The molecule has 4 heteroatoms. The second-order valence-corrected chi connectivity index (χ2v) is 4.88. The first-order valence-electron chi connectivity index (χ1n) is 6.00. The Morgan fingerprint density at radius 3 is 2.59 bits per heavy atom. The maximum atomic E-state index is 12.9. The fraction of sp³-hybridized carbons (Fsp3) is 0.538. The number of hydrogen-bond donors (Lipinski definition) is 2. The minimum absolute atomic E-state index is 0.0633. The van der Waals surface area contributed by atoms with Gasteiger partial charge in [-0.25, -0.2) is 4.39 Å². The van der Waals surface area contributed by atoms with Crippen molar-refractivity contribution in [2.24, 2.45) is 11.7 Å². The van der Waals surface area contributed by atoms with E-state index in [1.54, 1.807) is 19.1 Å². The number of rotatable bonds is 2. The van der Waals surface area contributed by atoms with Gasteiger partial charge >= 0.3 is 0 Å². The van der Waals surface area contributed by atoms with Crippen molar-refractivity contribution >= 4 is 5.69 Å². The number of piperidine rings is 1. The van der Waals surface area contributed by atoms with Crippen LogP contribution in [-0.2, 0) is 0 Å². The van der Waals surface area contributed by atoms with Gasteiger partial charge in [-0.2, -0.15) is 0 Å². The van der Waals surface area contributed by atoms with Crippen molar-refractivity contribution in [1.29, 1.82) is 0 Å². The van der Waals surface area contributed by atoms with Crippen LogP contribution in [-0.4, -0.2) is 30.3 Å². The van der Waals surface area contributed by atoms with Crippen molar-refractivity contribution in [3.8, 4) is 0 Å². The largest absolute Gasteiger partial charge is 0.393 e. The van der Waals surface area contributed by atoms with Crippen LogP contribution in [0.15, 0.2) is 24.3 Å². The molecule has 3 N–H and O–H groups in total. The Morgan fingerprint density at radius 2 is 2.00 bits per heavy atom. The van der Waals surface area contributed by atoms with Gasteiger partial charge in [0.05, 0.1) is 6.10 Å². The molecule has 3 unspecified atom stereocenters. The predicted octanol–water partition coefficient (Wildman–Crippen LogP) is 1.36. The number of nitrogens with two attached hydrogens (primary N) is 1. The van der Waals surface area contributed by atoms with Crippen molar-refractivity contribution < 1.29 is 9.50 Å². The second kappa shape index (κ2) is 5.02. The van der Waals surface area contributed by atoms with Gasteiger partial charge in [0, 0.05) is 30.7 Å². The third-order valence-electron chi connectivity index (χ3n) is 3.39. The highest BCUT2D eigenvalue weighted by atomic mass is 19.1. The summed E-state index contributed by atoms with van der Waals surface area (Å²) in [4.78, 5) is 2.12. The quantitative estimate of drug-likeness (QED) is 0.818. The van der Waals surface area contributed by atoms with Crippen LogP contribution in [0.3, 0.4) is 0 Å². The summed E-state index contributed by atoms with van der Waals surface area (Å²) in [6, 6.07) is 6.48. The van der Waals surface area contributed by atoms with Crippen molar-refractivity contribution in [3.05, 3.63) is 30.1 Å². The Labute approximate surface area is 101 Å². The normalized spacial score (nSPS) is 26.9. The summed E-state index contributed by atoms with van der Waals surface area (Å²) in [5.74, 6) is -0.0501. The Morgan fingerprint density at radius 1 is 1.35 bits per heavy atom. The van der Waals surface area contributed by atoms with E-state index in [1.165, 1.54) is 12.1 Å². The third-order valence-corrected chi connectivity index (χ3v) is 3.39. The monoisotopic (exact) mass is 238 g/mol. The van der Waals surface area contributed by atoms with Gasteiger partial charge in [0.2, 0.25) is 0 Å². The highest BCUT2D eigenvalue weighted by Gasteiger charge is 2.28. The lowest BCUT2D eigenvalue weighted by atomic mass is 9.90. The summed E-state index contributed by atoms with van der Waals surface area (Å²) in [6.45, 7) is 3.33. The van der Waals surface area contributed by atoms with E-state index in [9.17, 15) is 9.50 Å². The maximum Gasteiger partial charge on any atom is 0.123 e. The molecular formula is C13H19FN2O. The number of nitrogens with zero attached hydrogens (tertiary/aromatic N) is 1. The van der Waals surface area contributed by atoms with E-state index < -0.39 is 0 Å². The van der Waals surface area contributed by atoms with Crippen LogP contribution in [0.2, 0.25) is 0 Å². The first kappa shape index (κ1) is 12.3. The van der Waals surface area contributed by atoms with Crippen molar-refractivity contribution in [3.63, 3.8) is 0 Å². The smallest absolute Gasteiger partial charge is 0.123 e. The molecule has 1 aliphatic heterocycles. The topological polar surface area (TPSA) is 49.5 Å². The molecule has 3 nitrogen and oxygen atoms in total. The maximum absolute atomic E-state index is 12.9. The summed E-state index contributed by atoms with van der Waals surface area (Å²) in [5, 5.41) is 9.66. The molecule has 0 spiro atoms. The summed E-state index contributed by atoms with van der Waals surface area (Å²) >= 11 is 0. The van der Waals surface area contributed by atoms with Gasteiger partial charge in [0.1, 0.15) is 5.82 Å². The van der Waals surface area contributed by atoms with E-state index in [0.717, 1.165) is 25.2 Å². The molecule has 94 valence electrons. The lowest BCUT2D eigenvalue weighted by molar-refractivity contribution is 0.110. The van der Waals surface area contributed by atoms with E-state index >= 15 is 0 Å². The van der Waals surface area contributed by atoms with E-state index in [1.807, 2.05) is 0 Å². The number of aliphatic hydroxyl groups is 1. The van der Waals surface area contributed by atoms with Crippen molar-refractivity contribution in [2.75, 3.05) is 18.0 Å². The SMILES string of the molecule is CC(O)C1CC(N)CN(c2ccc(F)cc2)C1. The Hall–Kier alpha value is -1.13. The van der Waals surface area contributed by atoms with Gasteiger partial charge in [-0.3, -0.25) is 0 Å². The molecule has 17 heavy (non-hydrogen) atoms. The van der Waals surface area contributed by atoms with E-state index in [0.29, 0.717) is 0 Å². The highest BCUT2D eigenvalue weighted by molar-refractivity contribution is 5.47. The summed E-state index contributed by atoms with van der Waals surface area (Å²) in [5.41, 5.74) is 6.96. The molecule has 0 aliphatic carbocycles. The highest BCUT2D eigenvalue weighted by Crippen LogP contribution is 2.24. The first-order valence-corrected chi connectivity index (χ1v) is 6.00. The summed E-state index contributed by atoms with van der Waals surface area (Å²) < 4.78 is 12.9. The zero-order valence-electron chi connectivity index (χ0n) is 10.0. The molecule has 0 radical (unpaired) electrons. The van der Waals surface area contributed by atoms with Gasteiger partial charge in [-0.1, -0.05) is 0 Å². The molecule has 0 amide bonds. The molecule has 1 aromatic carbocycles. The Kier molecular flexibility index (Phi) is 3.64. The summed E-state index contributed by atoms with van der Waals surface area (Å²) in [7, 11) is 0. The fourth-order valence-corrected chi connectivity index (χ4v) is 2.39. The molecule has 1 aliphatic rings. The average Bonchev–Trinajstić information content (AvgIpc) is 2.29. The zero-order valence-corrected chi connectivity index (χ0v) is 10.0. The van der Waals surface area contributed by atoms with Gasteiger partial charge in [0.25, 0.3) is 0 Å². The number of aliphatic hydroxyl groups excluding tert-OH is 1. The van der Waals surface area contributed by atoms with E-state index in [-0.39, 0.29) is 23.9 Å². The molecule has 2 rings (SSSR count). The average molecular weight is 238 g/mol. The molecule has 0 aromatic heterocycles. The van der Waals surface area contributed by atoms with Crippen LogP contribution in [0.4, 0.5) is 10.1 Å². The first-order chi connectivity index (χ1) is 8.06. The molecule has 1 heterocycles. The van der Waals surface area contributed by atoms with Crippen LogP contribution >= 0.6 is 0 Å². The Bertz CT molecular complexity index is 366. The van der Waals surface area contributed by atoms with Crippen LogP contribution in [0.5, 0.6) is 0 Å². The number of hydrogen-bond acceptors (Lipinski definition) is 3. The predicted molar refractivity (Wildman–Crippen MR) is 66.4 cm³/mol. The van der Waals surface area contributed by atoms with Gasteiger partial charge in [0.15, 0.2) is 0 Å². The molecular weight excluding hydrogens is 219 g/mol. The number of benzene rings is 1. The van der Waals surface area contributed by atoms with Crippen LogP contribution in [0, 0.1) is 11.7 Å². The van der Waals surface area contributed by atoms with Crippen LogP contribution in [0.1, 0.15) is 13.3 Å². The minimum Gasteiger partial charge on any atom is -0.393 e.